The first-order valence-electron chi connectivity index (χ1n) is 11.6. The van der Waals surface area contributed by atoms with Gasteiger partial charge in [0.2, 0.25) is 5.95 Å². The van der Waals surface area contributed by atoms with Crippen LogP contribution in [0.1, 0.15) is 40.7 Å². The van der Waals surface area contributed by atoms with Crippen LogP contribution in [-0.2, 0) is 4.79 Å². The van der Waals surface area contributed by atoms with Gasteiger partial charge < -0.3 is 9.84 Å². The number of nitrogens with one attached hydrogen (secondary N) is 1. The van der Waals surface area contributed by atoms with E-state index in [1.54, 1.807) is 48.5 Å². The Morgan fingerprint density at radius 1 is 1.14 bits per heavy atom. The Morgan fingerprint density at radius 3 is 2.49 bits per heavy atom. The van der Waals surface area contributed by atoms with Crippen molar-refractivity contribution in [2.24, 2.45) is 5.92 Å². The Kier molecular flexibility index (Phi) is 6.28. The third kappa shape index (κ3) is 4.59. The summed E-state index contributed by atoms with van der Waals surface area (Å²) < 4.78 is 35.3. The molecule has 0 unspecified atom stereocenters. The molecule has 5 rings (SSSR count). The van der Waals surface area contributed by atoms with Gasteiger partial charge in [-0.25, -0.2) is 9.18 Å². The Labute approximate surface area is 211 Å². The van der Waals surface area contributed by atoms with Gasteiger partial charge in [-0.05, 0) is 65.3 Å². The molecule has 0 atom stereocenters. The van der Waals surface area contributed by atoms with Crippen LogP contribution in [0.15, 0.2) is 60.7 Å². The minimum Gasteiger partial charge on any atom is -0.497 e. The molecule has 2 N–H and O–H groups in total. The molecule has 0 spiro atoms. The van der Waals surface area contributed by atoms with Crippen LogP contribution in [0.4, 0.5) is 8.78 Å². The van der Waals surface area contributed by atoms with Crippen LogP contribution in [-0.4, -0.2) is 28.4 Å². The number of aliphatic carboxylic acids is 1. The van der Waals surface area contributed by atoms with Crippen molar-refractivity contribution < 1.29 is 23.4 Å². The number of fused-ring (bicyclic) bond motifs is 1. The minimum atomic E-state index is -1.07. The number of allylic oxidation sites excluding steroid dienone is 1. The van der Waals surface area contributed by atoms with Crippen molar-refractivity contribution in [3.05, 3.63) is 100 Å². The first kappa shape index (κ1) is 23.9. The van der Waals surface area contributed by atoms with Gasteiger partial charge in [0.1, 0.15) is 17.6 Å². The number of carbonyl (C=O) groups is 1. The zero-order chi connectivity index (χ0) is 26.1. The number of carboxylic acid groups (broad SMARTS) is 1. The van der Waals surface area contributed by atoms with Crippen LogP contribution < -0.4 is 4.74 Å². The number of hydrogen-bond donors (Lipinski definition) is 2. The molecule has 1 heterocycles. The van der Waals surface area contributed by atoms with Gasteiger partial charge in [-0.15, -0.1) is 0 Å². The molecule has 8 heteroatoms. The third-order valence-corrected chi connectivity index (χ3v) is 6.40. The highest BCUT2D eigenvalue weighted by Crippen LogP contribution is 2.49. The minimum absolute atomic E-state index is 0.0425. The lowest BCUT2D eigenvalue weighted by Gasteiger charge is -2.19. The fourth-order valence-electron chi connectivity index (χ4n) is 4.55. The van der Waals surface area contributed by atoms with E-state index in [-0.39, 0.29) is 16.9 Å². The monoisotopic (exact) mass is 497 g/mol. The number of aromatic nitrogens is 2. The van der Waals surface area contributed by atoms with E-state index >= 15 is 4.39 Å². The Morgan fingerprint density at radius 2 is 1.86 bits per heavy atom. The highest BCUT2D eigenvalue weighted by molar-refractivity contribution is 6.04. The van der Waals surface area contributed by atoms with Crippen molar-refractivity contribution in [1.29, 1.82) is 5.26 Å². The van der Waals surface area contributed by atoms with Crippen LogP contribution >= 0.6 is 0 Å². The van der Waals surface area contributed by atoms with E-state index in [1.807, 2.05) is 0 Å². The number of benzene rings is 3. The van der Waals surface area contributed by atoms with Crippen molar-refractivity contribution in [2.45, 2.75) is 12.8 Å². The summed E-state index contributed by atoms with van der Waals surface area (Å²) in [6.45, 7) is 0. The summed E-state index contributed by atoms with van der Waals surface area (Å²) in [4.78, 5) is 10.9. The summed E-state index contributed by atoms with van der Waals surface area (Å²) in [6.07, 6.45) is 4.19. The van der Waals surface area contributed by atoms with Crippen molar-refractivity contribution in [3.63, 3.8) is 0 Å². The largest absolute Gasteiger partial charge is 0.497 e. The molecule has 0 radical (unpaired) electrons. The maximum absolute atomic E-state index is 15.4. The van der Waals surface area contributed by atoms with E-state index in [2.05, 4.69) is 16.3 Å². The molecule has 0 bridgehead atoms. The average molecular weight is 498 g/mol. The van der Waals surface area contributed by atoms with Crippen LogP contribution in [0.3, 0.4) is 0 Å². The molecule has 184 valence electrons. The van der Waals surface area contributed by atoms with Crippen LogP contribution in [0, 0.1) is 29.0 Å². The molecule has 1 aliphatic carbocycles. The molecular weight excluding hydrogens is 476 g/mol. The second-order valence-electron chi connectivity index (χ2n) is 8.73. The summed E-state index contributed by atoms with van der Waals surface area (Å²) in [7, 11) is 1.46. The highest BCUT2D eigenvalue weighted by atomic mass is 19.1. The predicted molar refractivity (Wildman–Crippen MR) is 135 cm³/mol. The number of H-pyrrole nitrogens is 1. The van der Waals surface area contributed by atoms with Gasteiger partial charge >= 0.3 is 5.97 Å². The second kappa shape index (κ2) is 9.70. The Bertz CT molecular complexity index is 1620. The van der Waals surface area contributed by atoms with Crippen molar-refractivity contribution in [1.82, 2.24) is 10.2 Å². The zero-order valence-corrected chi connectivity index (χ0v) is 19.8. The van der Waals surface area contributed by atoms with Gasteiger partial charge in [-0.2, -0.15) is 14.8 Å². The summed E-state index contributed by atoms with van der Waals surface area (Å²) in [5.41, 5.74) is 3.92. The van der Waals surface area contributed by atoms with E-state index in [9.17, 15) is 14.4 Å². The Balaban J connectivity index is 1.82. The number of carboxylic acids is 1. The lowest BCUT2D eigenvalue weighted by molar-refractivity contribution is -0.131. The first-order valence-corrected chi connectivity index (χ1v) is 11.6. The fourth-order valence-corrected chi connectivity index (χ4v) is 4.55. The maximum atomic E-state index is 15.4. The fraction of sp³-hybridized carbons (Fsp3) is 0.138. The molecule has 1 aliphatic rings. The summed E-state index contributed by atoms with van der Waals surface area (Å²) >= 11 is 0. The number of halogens is 2. The van der Waals surface area contributed by atoms with Gasteiger partial charge in [0.15, 0.2) is 0 Å². The number of nitrogens with zero attached hydrogens (tertiary/aromatic N) is 2. The Hall–Kier alpha value is -4.77. The van der Waals surface area contributed by atoms with E-state index in [0.29, 0.717) is 44.7 Å². The highest BCUT2D eigenvalue weighted by Gasteiger charge is 2.33. The number of methoxy groups -OCH3 is 1. The van der Waals surface area contributed by atoms with Crippen LogP contribution in [0.2, 0.25) is 0 Å². The van der Waals surface area contributed by atoms with Gasteiger partial charge in [-0.1, -0.05) is 30.3 Å². The number of aromatic amines is 1. The number of ether oxygens (including phenoxy) is 1. The van der Waals surface area contributed by atoms with E-state index < -0.39 is 17.7 Å². The predicted octanol–water partition coefficient (Wildman–Crippen LogP) is 6.19. The smallest absolute Gasteiger partial charge is 0.328 e. The molecule has 0 amide bonds. The molecule has 3 aromatic carbocycles. The van der Waals surface area contributed by atoms with E-state index in [0.717, 1.165) is 18.9 Å². The van der Waals surface area contributed by atoms with Crippen LogP contribution in [0.5, 0.6) is 5.75 Å². The lowest BCUT2D eigenvalue weighted by Crippen LogP contribution is -2.02. The van der Waals surface area contributed by atoms with E-state index in [4.69, 9.17) is 9.84 Å². The molecule has 37 heavy (non-hydrogen) atoms. The van der Waals surface area contributed by atoms with Gasteiger partial charge in [0, 0.05) is 23.3 Å². The first-order chi connectivity index (χ1) is 17.9. The maximum Gasteiger partial charge on any atom is 0.328 e. The zero-order valence-electron chi connectivity index (χ0n) is 19.8. The van der Waals surface area contributed by atoms with Gasteiger partial charge in [0.25, 0.3) is 0 Å². The van der Waals surface area contributed by atoms with Gasteiger partial charge in [0.05, 0.1) is 23.6 Å². The SMILES string of the molecule is COc1ccc(/C(=C(\c2ccc(/C=C/C(=O)O)cc2)c2ccc3n[nH]c(F)c3c2C#N)C2CC2)c(F)c1. The summed E-state index contributed by atoms with van der Waals surface area (Å²) in [5, 5.41) is 25.4. The molecule has 1 aromatic heterocycles. The molecule has 1 fully saturated rings. The lowest BCUT2D eigenvalue weighted by atomic mass is 9.84. The third-order valence-electron chi connectivity index (χ3n) is 6.40. The summed E-state index contributed by atoms with van der Waals surface area (Å²) in [5.74, 6) is -1.82. The molecule has 1 saturated carbocycles. The molecule has 0 saturated heterocycles. The topological polar surface area (TPSA) is 99.0 Å². The quantitative estimate of drug-likeness (QED) is 0.234. The second-order valence-corrected chi connectivity index (χ2v) is 8.73. The van der Waals surface area contributed by atoms with Gasteiger partial charge in [-0.3, -0.25) is 5.10 Å². The molecule has 6 nitrogen and oxygen atoms in total. The number of rotatable bonds is 7. The molecular formula is C29H21F2N3O3. The standard InChI is InChI=1S/C29H21F2N3O3/c1-37-19-9-10-21(23(30)14-19)27(18-7-8-18)26(17-5-2-16(3-6-17)4-13-25(35)36)20-11-12-24-28(22(20)15-32)29(31)34-33-24/h2-6,9-14,18H,7-8H2,1H3,(H,33,34)(H,35,36)/b13-4+,27-26+. The molecule has 4 aromatic rings. The van der Waals surface area contributed by atoms with Crippen molar-refractivity contribution in [2.75, 3.05) is 7.11 Å². The molecule has 0 aliphatic heterocycles. The number of nitriles is 1. The van der Waals surface area contributed by atoms with Crippen LogP contribution in [0.25, 0.3) is 28.1 Å². The normalized spacial score (nSPS) is 14.0. The van der Waals surface area contributed by atoms with Crippen molar-refractivity contribution in [3.8, 4) is 11.8 Å². The number of hydrogen-bond acceptors (Lipinski definition) is 4. The summed E-state index contributed by atoms with van der Waals surface area (Å²) in [6, 6.07) is 17.2. The van der Waals surface area contributed by atoms with Crippen molar-refractivity contribution >= 4 is 34.1 Å². The average Bonchev–Trinajstić information content (AvgIpc) is 3.68. The van der Waals surface area contributed by atoms with E-state index in [1.165, 1.54) is 19.3 Å².